The van der Waals surface area contributed by atoms with E-state index in [1.807, 2.05) is 19.1 Å². The maximum absolute atomic E-state index is 11.9. The van der Waals surface area contributed by atoms with E-state index in [-0.39, 0.29) is 18.6 Å². The summed E-state index contributed by atoms with van der Waals surface area (Å²) in [6.07, 6.45) is 1.48. The van der Waals surface area contributed by atoms with E-state index in [9.17, 15) is 9.90 Å². The van der Waals surface area contributed by atoms with Gasteiger partial charge in [-0.25, -0.2) is 4.79 Å². The third-order valence-corrected chi connectivity index (χ3v) is 3.61. The van der Waals surface area contributed by atoms with Crippen LogP contribution in [0.4, 0.5) is 4.79 Å². The Morgan fingerprint density at radius 1 is 1.36 bits per heavy atom. The molecule has 0 spiro atoms. The number of aliphatic hydroxyl groups is 1. The minimum atomic E-state index is -1.26. The van der Waals surface area contributed by atoms with Crippen LogP contribution in [0.25, 0.3) is 0 Å². The second kappa shape index (κ2) is 6.85. The van der Waals surface area contributed by atoms with Gasteiger partial charge in [-0.3, -0.25) is 0 Å². The zero-order valence-electron chi connectivity index (χ0n) is 12.5. The average molecular weight is 323 g/mol. The molecule has 2 amide bonds. The summed E-state index contributed by atoms with van der Waals surface area (Å²) < 4.78 is 5.16. The van der Waals surface area contributed by atoms with Crippen molar-refractivity contribution < 1.29 is 14.3 Å². The van der Waals surface area contributed by atoms with Gasteiger partial charge in [-0.2, -0.15) is 0 Å². The standard InChI is InChI=1S/C16H19ClN2O3/c1-11(12-5-7-13(17)8-6-12)19-15(20)18-10-16(2,21)14-4-3-9-22-14/h3-9,11,21H,10H2,1-2H3,(H2,18,19,20). The zero-order chi connectivity index (χ0) is 16.2. The van der Waals surface area contributed by atoms with Crippen molar-refractivity contribution in [1.82, 2.24) is 10.6 Å². The van der Waals surface area contributed by atoms with Crippen LogP contribution >= 0.6 is 11.6 Å². The van der Waals surface area contributed by atoms with Crippen molar-refractivity contribution in [3.8, 4) is 0 Å². The van der Waals surface area contributed by atoms with Crippen molar-refractivity contribution >= 4 is 17.6 Å². The molecule has 22 heavy (non-hydrogen) atoms. The first-order chi connectivity index (χ1) is 10.4. The minimum absolute atomic E-state index is 0.0414. The highest BCUT2D eigenvalue weighted by atomic mass is 35.5. The van der Waals surface area contributed by atoms with Crippen LogP contribution in [0.5, 0.6) is 0 Å². The third kappa shape index (κ3) is 4.26. The number of carbonyl (C=O) groups is 1. The SMILES string of the molecule is CC(NC(=O)NCC(C)(O)c1ccco1)c1ccc(Cl)cc1. The monoisotopic (exact) mass is 322 g/mol. The smallest absolute Gasteiger partial charge is 0.315 e. The third-order valence-electron chi connectivity index (χ3n) is 3.36. The molecule has 5 nitrogen and oxygen atoms in total. The summed E-state index contributed by atoms with van der Waals surface area (Å²) >= 11 is 5.83. The predicted molar refractivity (Wildman–Crippen MR) is 84.7 cm³/mol. The van der Waals surface area contributed by atoms with Gasteiger partial charge in [0.1, 0.15) is 11.4 Å². The molecule has 2 atom stereocenters. The molecule has 0 saturated carbocycles. The van der Waals surface area contributed by atoms with Gasteiger partial charge in [0.2, 0.25) is 0 Å². The number of urea groups is 1. The van der Waals surface area contributed by atoms with E-state index in [1.54, 1.807) is 31.2 Å². The normalized spacial score (nSPS) is 14.9. The maximum atomic E-state index is 11.9. The number of nitrogens with one attached hydrogen (secondary N) is 2. The van der Waals surface area contributed by atoms with Crippen molar-refractivity contribution in [3.63, 3.8) is 0 Å². The van der Waals surface area contributed by atoms with Crippen molar-refractivity contribution in [3.05, 3.63) is 59.0 Å². The van der Waals surface area contributed by atoms with Crippen LogP contribution in [-0.2, 0) is 5.60 Å². The summed E-state index contributed by atoms with van der Waals surface area (Å²) in [6.45, 7) is 3.49. The molecule has 2 aromatic rings. The van der Waals surface area contributed by atoms with Crippen LogP contribution in [0.3, 0.4) is 0 Å². The molecule has 118 valence electrons. The van der Waals surface area contributed by atoms with Gasteiger partial charge in [-0.05, 0) is 43.7 Å². The highest BCUT2D eigenvalue weighted by molar-refractivity contribution is 6.30. The fourth-order valence-electron chi connectivity index (χ4n) is 2.01. The van der Waals surface area contributed by atoms with Gasteiger partial charge in [-0.15, -0.1) is 0 Å². The maximum Gasteiger partial charge on any atom is 0.315 e. The Hall–Kier alpha value is -1.98. The first kappa shape index (κ1) is 16.4. The Labute approximate surface area is 134 Å². The fourth-order valence-corrected chi connectivity index (χ4v) is 2.13. The van der Waals surface area contributed by atoms with E-state index >= 15 is 0 Å². The first-order valence-electron chi connectivity index (χ1n) is 6.95. The number of amides is 2. The number of benzene rings is 1. The number of carbonyl (C=O) groups excluding carboxylic acids is 1. The second-order valence-corrected chi connectivity index (χ2v) is 5.79. The lowest BCUT2D eigenvalue weighted by Gasteiger charge is -2.22. The Morgan fingerprint density at radius 2 is 2.05 bits per heavy atom. The average Bonchev–Trinajstić information content (AvgIpc) is 3.01. The predicted octanol–water partition coefficient (Wildman–Crippen LogP) is 3.20. The molecule has 0 saturated heterocycles. The van der Waals surface area contributed by atoms with Gasteiger partial charge in [0.25, 0.3) is 0 Å². The molecule has 1 aromatic carbocycles. The first-order valence-corrected chi connectivity index (χ1v) is 7.32. The van der Waals surface area contributed by atoms with E-state index in [2.05, 4.69) is 10.6 Å². The molecule has 0 bridgehead atoms. The van der Waals surface area contributed by atoms with Gasteiger partial charge in [0, 0.05) is 5.02 Å². The summed E-state index contributed by atoms with van der Waals surface area (Å²) in [5.41, 5.74) is -0.318. The Bertz CT molecular complexity index is 609. The Morgan fingerprint density at radius 3 is 2.64 bits per heavy atom. The van der Waals surface area contributed by atoms with Gasteiger partial charge >= 0.3 is 6.03 Å². The van der Waals surface area contributed by atoms with Crippen molar-refractivity contribution in [2.24, 2.45) is 0 Å². The van der Waals surface area contributed by atoms with Crippen molar-refractivity contribution in [2.45, 2.75) is 25.5 Å². The molecule has 0 aliphatic rings. The lowest BCUT2D eigenvalue weighted by atomic mass is 10.0. The molecule has 2 unspecified atom stereocenters. The lowest BCUT2D eigenvalue weighted by molar-refractivity contribution is 0.0366. The van der Waals surface area contributed by atoms with Crippen LogP contribution in [-0.4, -0.2) is 17.7 Å². The molecule has 3 N–H and O–H groups in total. The summed E-state index contributed by atoms with van der Waals surface area (Å²) in [5, 5.41) is 16.3. The molecular weight excluding hydrogens is 304 g/mol. The molecule has 1 heterocycles. The molecule has 0 aliphatic carbocycles. The molecule has 2 rings (SSSR count). The molecular formula is C16H19ClN2O3. The minimum Gasteiger partial charge on any atom is -0.466 e. The van der Waals surface area contributed by atoms with E-state index in [0.29, 0.717) is 10.8 Å². The Kier molecular flexibility index (Phi) is 5.11. The van der Waals surface area contributed by atoms with Crippen LogP contribution in [0.1, 0.15) is 31.2 Å². The highest BCUT2D eigenvalue weighted by Crippen LogP contribution is 2.20. The van der Waals surface area contributed by atoms with Crippen molar-refractivity contribution in [1.29, 1.82) is 0 Å². The van der Waals surface area contributed by atoms with E-state index in [0.717, 1.165) is 5.56 Å². The van der Waals surface area contributed by atoms with Crippen LogP contribution < -0.4 is 10.6 Å². The number of halogens is 1. The van der Waals surface area contributed by atoms with Gasteiger partial charge in [0.05, 0.1) is 18.8 Å². The highest BCUT2D eigenvalue weighted by Gasteiger charge is 2.26. The number of furan rings is 1. The van der Waals surface area contributed by atoms with E-state index in [1.165, 1.54) is 6.26 Å². The Balaban J connectivity index is 1.86. The lowest BCUT2D eigenvalue weighted by Crippen LogP contribution is -2.44. The summed E-state index contributed by atoms with van der Waals surface area (Å²) in [5.74, 6) is 0.401. The summed E-state index contributed by atoms with van der Waals surface area (Å²) in [4.78, 5) is 11.9. The topological polar surface area (TPSA) is 74.5 Å². The van der Waals surface area contributed by atoms with Crippen LogP contribution in [0.2, 0.25) is 5.02 Å². The number of hydrogen-bond acceptors (Lipinski definition) is 3. The summed E-state index contributed by atoms with van der Waals surface area (Å²) in [7, 11) is 0. The van der Waals surface area contributed by atoms with Crippen molar-refractivity contribution in [2.75, 3.05) is 6.54 Å². The fraction of sp³-hybridized carbons (Fsp3) is 0.312. The van der Waals surface area contributed by atoms with Crippen LogP contribution in [0, 0.1) is 0 Å². The number of rotatable bonds is 5. The zero-order valence-corrected chi connectivity index (χ0v) is 13.2. The molecule has 6 heteroatoms. The molecule has 0 radical (unpaired) electrons. The van der Waals surface area contributed by atoms with Gasteiger partial charge in [-0.1, -0.05) is 23.7 Å². The number of hydrogen-bond donors (Lipinski definition) is 3. The second-order valence-electron chi connectivity index (χ2n) is 5.35. The molecule has 0 fully saturated rings. The molecule has 0 aliphatic heterocycles. The van der Waals surface area contributed by atoms with Gasteiger partial charge < -0.3 is 20.2 Å². The van der Waals surface area contributed by atoms with E-state index < -0.39 is 5.60 Å². The quantitative estimate of drug-likeness (QED) is 0.791. The van der Waals surface area contributed by atoms with Gasteiger partial charge in [0.15, 0.2) is 0 Å². The largest absolute Gasteiger partial charge is 0.466 e. The van der Waals surface area contributed by atoms with Crippen LogP contribution in [0.15, 0.2) is 47.1 Å². The summed E-state index contributed by atoms with van der Waals surface area (Å²) in [6, 6.07) is 10.1. The molecule has 1 aromatic heterocycles. The van der Waals surface area contributed by atoms with E-state index in [4.69, 9.17) is 16.0 Å².